The third-order valence-corrected chi connectivity index (χ3v) is 7.17. The lowest BCUT2D eigenvalue weighted by Gasteiger charge is -2.33. The summed E-state index contributed by atoms with van der Waals surface area (Å²) >= 11 is 1.57. The van der Waals surface area contributed by atoms with Crippen molar-refractivity contribution in [1.82, 2.24) is 9.21 Å². The van der Waals surface area contributed by atoms with Crippen molar-refractivity contribution in [2.45, 2.75) is 17.7 Å². The van der Waals surface area contributed by atoms with Crippen LogP contribution in [0.4, 0.5) is 0 Å². The number of amides is 1. The number of nitrogens with zero attached hydrogens (tertiary/aromatic N) is 2. The fourth-order valence-electron chi connectivity index (χ4n) is 2.91. The Balaban J connectivity index is 1.43. The Hall–Kier alpha value is -2.23. The summed E-state index contributed by atoms with van der Waals surface area (Å²) in [5.74, 6) is -0.717. The van der Waals surface area contributed by atoms with Crippen molar-refractivity contribution < 1.29 is 22.7 Å². The van der Waals surface area contributed by atoms with E-state index in [0.717, 1.165) is 5.56 Å². The van der Waals surface area contributed by atoms with Gasteiger partial charge in [0, 0.05) is 32.6 Å². The molecular formula is C19H22N2O5S2. The number of carbonyl (C=O) groups is 2. The minimum absolute atomic E-state index is 0.217. The molecule has 1 fully saturated rings. The van der Waals surface area contributed by atoms with Crippen molar-refractivity contribution in [3.8, 4) is 0 Å². The number of carbonyl (C=O) groups excluding carboxylic acids is 2. The van der Waals surface area contributed by atoms with Gasteiger partial charge in [-0.05, 0) is 40.9 Å². The normalized spacial score (nSPS) is 15.4. The standard InChI is InChI=1S/C19H22N2O5S2/c22-18(14-26-19(23)7-6-16-8-13-27-15-16)20-9-11-21(12-10-20)28(24,25)17-4-2-1-3-5-17/h1-5,8,13,15H,6-7,9-12,14H2. The Morgan fingerprint density at radius 2 is 1.75 bits per heavy atom. The Morgan fingerprint density at radius 1 is 1.04 bits per heavy atom. The van der Waals surface area contributed by atoms with Crippen LogP contribution in [0.1, 0.15) is 12.0 Å². The highest BCUT2D eigenvalue weighted by Crippen LogP contribution is 2.17. The van der Waals surface area contributed by atoms with Crippen molar-refractivity contribution in [2.24, 2.45) is 0 Å². The molecule has 7 nitrogen and oxygen atoms in total. The van der Waals surface area contributed by atoms with Crippen LogP contribution in [0.2, 0.25) is 0 Å². The van der Waals surface area contributed by atoms with Gasteiger partial charge in [-0.1, -0.05) is 18.2 Å². The number of piperazine rings is 1. The van der Waals surface area contributed by atoms with E-state index in [-0.39, 0.29) is 50.0 Å². The quantitative estimate of drug-likeness (QED) is 0.635. The monoisotopic (exact) mass is 422 g/mol. The number of benzene rings is 1. The van der Waals surface area contributed by atoms with Gasteiger partial charge in [-0.25, -0.2) is 8.42 Å². The summed E-state index contributed by atoms with van der Waals surface area (Å²) in [6.45, 7) is 0.673. The zero-order valence-electron chi connectivity index (χ0n) is 15.3. The van der Waals surface area contributed by atoms with Gasteiger partial charge in [0.25, 0.3) is 5.91 Å². The van der Waals surface area contributed by atoms with E-state index in [0.29, 0.717) is 6.42 Å². The molecule has 0 unspecified atom stereocenters. The first-order chi connectivity index (χ1) is 13.5. The van der Waals surface area contributed by atoms with Crippen LogP contribution in [-0.4, -0.2) is 62.3 Å². The lowest BCUT2D eigenvalue weighted by Crippen LogP contribution is -2.51. The molecule has 9 heteroatoms. The summed E-state index contributed by atoms with van der Waals surface area (Å²) in [5, 5.41) is 3.92. The van der Waals surface area contributed by atoms with E-state index in [2.05, 4.69) is 0 Å². The van der Waals surface area contributed by atoms with Gasteiger partial charge in [-0.2, -0.15) is 15.6 Å². The molecule has 2 aromatic rings. The van der Waals surface area contributed by atoms with Crippen molar-refractivity contribution in [3.63, 3.8) is 0 Å². The second-order valence-corrected chi connectivity index (χ2v) is 9.11. The molecule has 0 radical (unpaired) electrons. The fourth-order valence-corrected chi connectivity index (χ4v) is 5.05. The predicted molar refractivity (Wildman–Crippen MR) is 105 cm³/mol. The van der Waals surface area contributed by atoms with Gasteiger partial charge < -0.3 is 9.64 Å². The SMILES string of the molecule is O=C(CCc1ccsc1)OCC(=O)N1CCN(S(=O)(=O)c2ccccc2)CC1. The van der Waals surface area contributed by atoms with Crippen LogP contribution in [0.3, 0.4) is 0 Å². The Bertz CT molecular complexity index is 890. The fraction of sp³-hybridized carbons (Fsp3) is 0.368. The van der Waals surface area contributed by atoms with Crippen molar-refractivity contribution >= 4 is 33.2 Å². The van der Waals surface area contributed by atoms with Crippen LogP contribution >= 0.6 is 11.3 Å². The highest BCUT2D eigenvalue weighted by molar-refractivity contribution is 7.89. The molecular weight excluding hydrogens is 400 g/mol. The largest absolute Gasteiger partial charge is 0.456 e. The molecule has 0 aliphatic carbocycles. The van der Waals surface area contributed by atoms with E-state index in [1.807, 2.05) is 16.8 Å². The lowest BCUT2D eigenvalue weighted by molar-refractivity contribution is -0.152. The van der Waals surface area contributed by atoms with E-state index >= 15 is 0 Å². The van der Waals surface area contributed by atoms with E-state index < -0.39 is 16.0 Å². The summed E-state index contributed by atoms with van der Waals surface area (Å²) < 4.78 is 31.6. The number of hydrogen-bond acceptors (Lipinski definition) is 6. The van der Waals surface area contributed by atoms with Gasteiger partial charge in [-0.15, -0.1) is 0 Å². The number of hydrogen-bond donors (Lipinski definition) is 0. The molecule has 0 saturated carbocycles. The van der Waals surface area contributed by atoms with Crippen LogP contribution < -0.4 is 0 Å². The van der Waals surface area contributed by atoms with Gasteiger partial charge >= 0.3 is 5.97 Å². The van der Waals surface area contributed by atoms with Gasteiger partial charge in [0.1, 0.15) is 0 Å². The Morgan fingerprint density at radius 3 is 2.39 bits per heavy atom. The molecule has 1 aliphatic heterocycles. The van der Waals surface area contributed by atoms with Gasteiger partial charge in [0.15, 0.2) is 6.61 Å². The molecule has 2 heterocycles. The first-order valence-corrected chi connectivity index (χ1v) is 11.3. The summed E-state index contributed by atoms with van der Waals surface area (Å²) in [7, 11) is -3.55. The summed E-state index contributed by atoms with van der Waals surface area (Å²) in [6, 6.07) is 10.2. The average molecular weight is 423 g/mol. The molecule has 3 rings (SSSR count). The number of aryl methyl sites for hydroxylation is 1. The first-order valence-electron chi connectivity index (χ1n) is 8.96. The molecule has 1 amide bonds. The summed E-state index contributed by atoms with van der Waals surface area (Å²) in [6.07, 6.45) is 0.819. The highest BCUT2D eigenvalue weighted by Gasteiger charge is 2.30. The molecule has 0 atom stereocenters. The van der Waals surface area contributed by atoms with Crippen LogP contribution in [0.25, 0.3) is 0 Å². The average Bonchev–Trinajstić information content (AvgIpc) is 3.25. The topological polar surface area (TPSA) is 84.0 Å². The van der Waals surface area contributed by atoms with Crippen LogP contribution in [0.15, 0.2) is 52.1 Å². The van der Waals surface area contributed by atoms with Gasteiger partial charge in [-0.3, -0.25) is 9.59 Å². The van der Waals surface area contributed by atoms with Crippen LogP contribution in [0, 0.1) is 0 Å². The maximum atomic E-state index is 12.6. The minimum Gasteiger partial charge on any atom is -0.456 e. The van der Waals surface area contributed by atoms with Crippen molar-refractivity contribution in [1.29, 1.82) is 0 Å². The first kappa shape index (κ1) is 20.5. The minimum atomic E-state index is -3.55. The summed E-state index contributed by atoms with van der Waals surface area (Å²) in [5.41, 5.74) is 1.07. The highest BCUT2D eigenvalue weighted by atomic mass is 32.2. The molecule has 0 spiro atoms. The number of ether oxygens (including phenoxy) is 1. The number of rotatable bonds is 7. The smallest absolute Gasteiger partial charge is 0.306 e. The molecule has 0 bridgehead atoms. The van der Waals surface area contributed by atoms with Gasteiger partial charge in [0.2, 0.25) is 10.0 Å². The van der Waals surface area contributed by atoms with Crippen molar-refractivity contribution in [3.05, 3.63) is 52.7 Å². The second kappa shape index (κ2) is 9.31. The predicted octanol–water partition coefficient (Wildman–Crippen LogP) is 1.76. The maximum Gasteiger partial charge on any atom is 0.306 e. The van der Waals surface area contributed by atoms with E-state index in [9.17, 15) is 18.0 Å². The second-order valence-electron chi connectivity index (χ2n) is 6.39. The lowest BCUT2D eigenvalue weighted by atomic mass is 10.2. The number of sulfonamides is 1. The van der Waals surface area contributed by atoms with E-state index in [1.165, 1.54) is 9.21 Å². The zero-order chi connectivity index (χ0) is 20.0. The third kappa shape index (κ3) is 5.18. The molecule has 1 aromatic heterocycles. The molecule has 150 valence electrons. The number of thiophene rings is 1. The molecule has 28 heavy (non-hydrogen) atoms. The number of esters is 1. The molecule has 1 aliphatic rings. The maximum absolute atomic E-state index is 12.6. The zero-order valence-corrected chi connectivity index (χ0v) is 17.0. The molecule has 1 saturated heterocycles. The third-order valence-electron chi connectivity index (χ3n) is 4.53. The van der Waals surface area contributed by atoms with E-state index in [4.69, 9.17) is 4.74 Å². The molecule has 0 N–H and O–H groups in total. The van der Waals surface area contributed by atoms with Crippen molar-refractivity contribution in [2.75, 3.05) is 32.8 Å². The summed E-state index contributed by atoms with van der Waals surface area (Å²) in [4.78, 5) is 25.8. The van der Waals surface area contributed by atoms with Gasteiger partial charge in [0.05, 0.1) is 4.90 Å². The Labute approximate surface area is 168 Å². The molecule has 1 aromatic carbocycles. The van der Waals surface area contributed by atoms with E-state index in [1.54, 1.807) is 41.7 Å². The van der Waals surface area contributed by atoms with Crippen LogP contribution in [0.5, 0.6) is 0 Å². The Kier molecular flexibility index (Phi) is 6.82. The van der Waals surface area contributed by atoms with Crippen LogP contribution in [-0.2, 0) is 30.8 Å².